The fraction of sp³-hybridized carbons (Fsp3) is 0.385. The van der Waals surface area contributed by atoms with Crippen molar-refractivity contribution in [3.63, 3.8) is 0 Å². The summed E-state index contributed by atoms with van der Waals surface area (Å²) in [5.74, 6) is 3.02. The largest absolute Gasteiger partial charge is 0.490 e. The van der Waals surface area contributed by atoms with E-state index >= 15 is 0 Å². The van der Waals surface area contributed by atoms with Crippen molar-refractivity contribution in [2.45, 2.75) is 38.3 Å². The molecule has 2 aliphatic rings. The fourth-order valence-corrected chi connectivity index (χ4v) is 5.48. The van der Waals surface area contributed by atoms with Crippen molar-refractivity contribution in [2.24, 2.45) is 0 Å². The smallest absolute Gasteiger partial charge is 0.261 e. The van der Waals surface area contributed by atoms with Gasteiger partial charge in [0, 0.05) is 26.2 Å². The molecule has 2 saturated heterocycles. The number of para-hydroxylation sites is 4. The van der Waals surface area contributed by atoms with Crippen molar-refractivity contribution in [1.82, 2.24) is 10.6 Å². The molecule has 0 unspecified atom stereocenters. The van der Waals surface area contributed by atoms with Gasteiger partial charge in [-0.05, 0) is 49.2 Å². The first-order valence-electron chi connectivity index (χ1n) is 17.2. The van der Waals surface area contributed by atoms with E-state index in [1.54, 1.807) is 0 Å². The summed E-state index contributed by atoms with van der Waals surface area (Å²) in [6.45, 7) is 9.87. The van der Waals surface area contributed by atoms with E-state index in [9.17, 15) is 8.42 Å². The molecule has 0 saturated carbocycles. The van der Waals surface area contributed by atoms with Crippen LogP contribution < -0.4 is 29.6 Å². The molecule has 11 nitrogen and oxygen atoms in total. The van der Waals surface area contributed by atoms with Crippen molar-refractivity contribution in [3.8, 4) is 23.0 Å². The van der Waals surface area contributed by atoms with Gasteiger partial charge in [-0.3, -0.25) is 4.55 Å². The van der Waals surface area contributed by atoms with E-state index in [0.717, 1.165) is 60.3 Å². The lowest BCUT2D eigenvalue weighted by Crippen LogP contribution is -2.43. The van der Waals surface area contributed by atoms with Crippen LogP contribution in [0.3, 0.4) is 0 Å². The molecule has 3 N–H and O–H groups in total. The maximum absolute atomic E-state index is 9.19. The second-order valence-electron chi connectivity index (χ2n) is 11.6. The number of hydrogen-bond donors (Lipinski definition) is 3. The third-order valence-corrected chi connectivity index (χ3v) is 7.65. The highest BCUT2D eigenvalue weighted by Crippen LogP contribution is 2.35. The summed E-state index contributed by atoms with van der Waals surface area (Å²) < 4.78 is 61.8. The maximum atomic E-state index is 9.19. The first-order chi connectivity index (χ1) is 24.8. The van der Waals surface area contributed by atoms with Crippen LogP contribution in [0.4, 0.5) is 0 Å². The van der Waals surface area contributed by atoms with Crippen LogP contribution in [0, 0.1) is 0 Å². The summed E-state index contributed by atoms with van der Waals surface area (Å²) in [5.41, 5.74) is 2.21. The average molecular weight is 723 g/mol. The predicted molar refractivity (Wildman–Crippen MR) is 198 cm³/mol. The quantitative estimate of drug-likeness (QED) is 0.151. The number of morpholine rings is 2. The Hall–Kier alpha value is -4.17. The standard InChI is InChI=1S/2C19H23NO3.CH4O3S/c2*1-2-21-16-10-6-7-11-17(16)23-19(15-8-4-3-5-9-15)18-14-20-12-13-22-18;1-5(2,3)4/h2*3-11,18-20H,2,12-14H2,1H3;1H3,(H,2,3,4)/t2*18-,19-;/m11./s1. The van der Waals surface area contributed by atoms with E-state index in [4.69, 9.17) is 33.0 Å². The number of nitrogens with one attached hydrogen (secondary N) is 2. The molecule has 2 fully saturated rings. The first-order valence-corrected chi connectivity index (χ1v) is 19.1. The molecule has 0 radical (unpaired) electrons. The van der Waals surface area contributed by atoms with Crippen LogP contribution in [0.2, 0.25) is 0 Å². The van der Waals surface area contributed by atoms with Crippen molar-refractivity contribution < 1.29 is 41.4 Å². The molecule has 4 atom stereocenters. The van der Waals surface area contributed by atoms with E-state index in [1.807, 2.05) is 98.8 Å². The minimum absolute atomic E-state index is 0.0270. The Morgan fingerprint density at radius 2 is 0.961 bits per heavy atom. The van der Waals surface area contributed by atoms with Gasteiger partial charge in [0.1, 0.15) is 12.2 Å². The van der Waals surface area contributed by atoms with Gasteiger partial charge in [-0.15, -0.1) is 0 Å². The van der Waals surface area contributed by atoms with E-state index < -0.39 is 10.1 Å². The van der Waals surface area contributed by atoms with Crippen LogP contribution in [0.15, 0.2) is 109 Å². The number of hydrogen-bond acceptors (Lipinski definition) is 10. The monoisotopic (exact) mass is 722 g/mol. The number of rotatable bonds is 12. The number of ether oxygens (including phenoxy) is 6. The summed E-state index contributed by atoms with van der Waals surface area (Å²) in [6.07, 6.45) is 0.311. The first kappa shape index (κ1) is 39.6. The molecule has 2 heterocycles. The highest BCUT2D eigenvalue weighted by Gasteiger charge is 2.30. The van der Waals surface area contributed by atoms with Gasteiger partial charge in [0.25, 0.3) is 10.1 Å². The molecule has 0 bridgehead atoms. The summed E-state index contributed by atoms with van der Waals surface area (Å²) in [7, 11) is -3.67. The third-order valence-electron chi connectivity index (χ3n) is 7.65. The zero-order valence-corrected chi connectivity index (χ0v) is 30.3. The van der Waals surface area contributed by atoms with Gasteiger partial charge in [0.2, 0.25) is 0 Å². The lowest BCUT2D eigenvalue weighted by molar-refractivity contribution is -0.0439. The van der Waals surface area contributed by atoms with E-state index in [-0.39, 0.29) is 24.4 Å². The van der Waals surface area contributed by atoms with Gasteiger partial charge < -0.3 is 39.1 Å². The molecule has 0 aliphatic carbocycles. The molecule has 4 aromatic carbocycles. The van der Waals surface area contributed by atoms with Crippen molar-refractivity contribution in [1.29, 1.82) is 0 Å². The zero-order valence-electron chi connectivity index (χ0n) is 29.5. The highest BCUT2D eigenvalue weighted by atomic mass is 32.2. The number of benzene rings is 4. The normalized spacial score (nSPS) is 18.4. The second kappa shape index (κ2) is 21.3. The van der Waals surface area contributed by atoms with Gasteiger partial charge >= 0.3 is 0 Å². The van der Waals surface area contributed by atoms with E-state index in [2.05, 4.69) is 34.9 Å². The summed E-state index contributed by atoms with van der Waals surface area (Å²) in [5, 5.41) is 6.75. The average Bonchev–Trinajstić information content (AvgIpc) is 3.15. The Bertz CT molecular complexity index is 1530. The summed E-state index contributed by atoms with van der Waals surface area (Å²) >= 11 is 0. The van der Waals surface area contributed by atoms with Crippen LogP contribution in [0.1, 0.15) is 37.2 Å². The summed E-state index contributed by atoms with van der Waals surface area (Å²) in [4.78, 5) is 0. The van der Waals surface area contributed by atoms with Gasteiger partial charge in [0.15, 0.2) is 35.2 Å². The molecule has 0 spiro atoms. The molecule has 12 heteroatoms. The summed E-state index contributed by atoms with van der Waals surface area (Å²) in [6, 6.07) is 36.0. The van der Waals surface area contributed by atoms with E-state index in [1.165, 1.54) is 0 Å². The van der Waals surface area contributed by atoms with Crippen LogP contribution in [-0.2, 0) is 19.6 Å². The third kappa shape index (κ3) is 13.8. The van der Waals surface area contributed by atoms with Gasteiger partial charge in [-0.2, -0.15) is 8.42 Å². The molecule has 6 rings (SSSR count). The zero-order chi connectivity index (χ0) is 36.3. The Balaban J connectivity index is 0.000000202. The molecule has 0 aromatic heterocycles. The second-order valence-corrected chi connectivity index (χ2v) is 13.1. The van der Waals surface area contributed by atoms with Gasteiger partial charge in [-0.25, -0.2) is 0 Å². The Kier molecular flexibility index (Phi) is 16.5. The van der Waals surface area contributed by atoms with Crippen LogP contribution in [0.5, 0.6) is 23.0 Å². The van der Waals surface area contributed by atoms with Crippen LogP contribution in [0.25, 0.3) is 0 Å². The fourth-order valence-electron chi connectivity index (χ4n) is 5.48. The maximum Gasteiger partial charge on any atom is 0.261 e. The van der Waals surface area contributed by atoms with Crippen LogP contribution >= 0.6 is 0 Å². The lowest BCUT2D eigenvalue weighted by atomic mass is 10.0. The SMILES string of the molecule is CCOc1ccccc1O[C@H](c1ccccc1)[C@H]1CNCCO1.CCOc1ccccc1O[C@H](c1ccccc1)[C@H]1CNCCO1.CS(=O)(=O)O. The molecule has 4 aromatic rings. The molecular weight excluding hydrogens is 673 g/mol. The Morgan fingerprint density at radius 1 is 0.627 bits per heavy atom. The molecule has 51 heavy (non-hydrogen) atoms. The minimum atomic E-state index is -3.67. The van der Waals surface area contributed by atoms with Crippen molar-refractivity contribution in [3.05, 3.63) is 120 Å². The topological polar surface area (TPSA) is 134 Å². The van der Waals surface area contributed by atoms with Crippen molar-refractivity contribution >= 4 is 10.1 Å². The van der Waals surface area contributed by atoms with Gasteiger partial charge in [0.05, 0.1) is 32.7 Å². The molecule has 276 valence electrons. The van der Waals surface area contributed by atoms with Gasteiger partial charge in [-0.1, -0.05) is 84.9 Å². The van der Waals surface area contributed by atoms with Crippen molar-refractivity contribution in [2.75, 3.05) is 58.9 Å². The lowest BCUT2D eigenvalue weighted by Gasteiger charge is -2.32. The predicted octanol–water partition coefficient (Wildman–Crippen LogP) is 5.89. The molecular formula is C39H50N2O9S. The minimum Gasteiger partial charge on any atom is -0.490 e. The van der Waals surface area contributed by atoms with Crippen LogP contribution in [-0.4, -0.2) is 84.0 Å². The van der Waals surface area contributed by atoms with E-state index in [0.29, 0.717) is 32.7 Å². The highest BCUT2D eigenvalue weighted by molar-refractivity contribution is 7.85. The Labute approximate surface area is 301 Å². The molecule has 0 amide bonds. The Morgan fingerprint density at radius 3 is 1.27 bits per heavy atom. The molecule has 2 aliphatic heterocycles.